The fourth-order valence-electron chi connectivity index (χ4n) is 15.4. The number of nitrogens with zero attached hydrogens (tertiary/aromatic N) is 1. The number of Topliss-reactive ketones (excluding diaryl/α,β-unsaturated/α-hetero) is 1. The van der Waals surface area contributed by atoms with E-state index in [9.17, 15) is 19.8 Å². The lowest BCUT2D eigenvalue weighted by molar-refractivity contribution is -0.176. The van der Waals surface area contributed by atoms with Gasteiger partial charge in [-0.05, 0) is 155 Å². The molecule has 7 heteroatoms. The van der Waals surface area contributed by atoms with Gasteiger partial charge in [0.1, 0.15) is 0 Å². The lowest BCUT2D eigenvalue weighted by atomic mass is 9.32. The molecule has 0 radical (unpaired) electrons. The van der Waals surface area contributed by atoms with Crippen molar-refractivity contribution in [2.45, 2.75) is 116 Å². The Kier molecular flexibility index (Phi) is 7.63. The maximum atomic E-state index is 14.9. The number of thiophene rings is 1. The Bertz CT molecular complexity index is 1870. The maximum Gasteiger partial charge on any atom is 0.321 e. The molecule has 8 atom stereocenters. The van der Waals surface area contributed by atoms with E-state index in [-0.39, 0.29) is 46.0 Å². The van der Waals surface area contributed by atoms with Crippen LogP contribution >= 0.6 is 11.3 Å². The third kappa shape index (κ3) is 4.87. The standard InChI is InChI=1S/C46H58N2O4S/c1-29-9-10-36(53-29)39(50)35-26-44-17-18-46(35)37(41(44,2)14-11-34(49)25-44)12-15-42(3)38(46)13-16-45(42,52)28-48(40(51)47-33-7-5-4-6-8-33)27-43-22-30-19-31(23-43)21-32(20-30)24-43/h4-10,17-18,26,30-32,34,37-38,49,52H,11-16,19-25,27-28H2,1-3H3,(H,47,51)/t30?,31?,32?,34?,37-,38-,41-,42+,43?,44+,45-,46-/m1/s1. The highest BCUT2D eigenvalue weighted by Crippen LogP contribution is 2.78. The molecule has 282 valence electrons. The molecule has 0 saturated heterocycles. The Morgan fingerprint density at radius 3 is 2.17 bits per heavy atom. The Balaban J connectivity index is 1.03. The largest absolute Gasteiger partial charge is 0.393 e. The van der Waals surface area contributed by atoms with Crippen molar-refractivity contribution in [3.05, 3.63) is 76.0 Å². The third-order valence-corrected chi connectivity index (χ3v) is 18.4. The summed E-state index contributed by atoms with van der Waals surface area (Å²) in [5.74, 6) is 2.78. The van der Waals surface area contributed by atoms with Gasteiger partial charge in [-0.15, -0.1) is 11.3 Å². The second-order valence-electron chi connectivity index (χ2n) is 20.1. The number of carbonyl (C=O) groups is 2. The molecule has 53 heavy (non-hydrogen) atoms. The first-order chi connectivity index (χ1) is 25.3. The number of nitrogens with one attached hydrogen (secondary N) is 1. The van der Waals surface area contributed by atoms with E-state index < -0.39 is 16.4 Å². The number of hydrogen-bond donors (Lipinski definition) is 3. The number of fused-ring (bicyclic) bond motifs is 1. The van der Waals surface area contributed by atoms with Crippen molar-refractivity contribution in [2.24, 2.45) is 56.7 Å². The number of aliphatic hydroxyl groups is 2. The lowest BCUT2D eigenvalue weighted by Crippen LogP contribution is -2.67. The van der Waals surface area contributed by atoms with Crippen molar-refractivity contribution >= 4 is 28.8 Å². The molecule has 6 bridgehead atoms. The number of rotatable bonds is 7. The number of carbonyl (C=O) groups excluding carboxylic acids is 2. The van der Waals surface area contributed by atoms with Gasteiger partial charge in [-0.3, -0.25) is 4.79 Å². The molecule has 12 rings (SSSR count). The van der Waals surface area contributed by atoms with Gasteiger partial charge in [0.15, 0.2) is 5.78 Å². The minimum atomic E-state index is -1.09. The van der Waals surface area contributed by atoms with Crippen LogP contribution in [0.4, 0.5) is 10.5 Å². The Labute approximate surface area is 319 Å². The second-order valence-corrected chi connectivity index (χ2v) is 21.4. The summed E-state index contributed by atoms with van der Waals surface area (Å²) in [6, 6.07) is 13.7. The van der Waals surface area contributed by atoms with Crippen LogP contribution in [0, 0.1) is 63.6 Å². The van der Waals surface area contributed by atoms with Crippen LogP contribution in [0.3, 0.4) is 0 Å². The molecule has 2 amide bonds. The Morgan fingerprint density at radius 1 is 0.830 bits per heavy atom. The van der Waals surface area contributed by atoms with E-state index in [4.69, 9.17) is 0 Å². The first-order valence-corrected chi connectivity index (χ1v) is 21.7. The third-order valence-electron chi connectivity index (χ3n) is 17.4. The number of benzene rings is 1. The summed E-state index contributed by atoms with van der Waals surface area (Å²) in [6.07, 6.45) is 20.0. The van der Waals surface area contributed by atoms with Crippen molar-refractivity contribution in [2.75, 3.05) is 18.4 Å². The molecule has 1 heterocycles. The van der Waals surface area contributed by atoms with Crippen LogP contribution in [0.5, 0.6) is 0 Å². The number of aryl methyl sites for hydroxylation is 1. The summed E-state index contributed by atoms with van der Waals surface area (Å²) in [6.45, 7) is 7.84. The summed E-state index contributed by atoms with van der Waals surface area (Å²) in [4.78, 5) is 33.4. The van der Waals surface area contributed by atoms with Gasteiger partial charge in [0.2, 0.25) is 0 Å². The summed E-state index contributed by atoms with van der Waals surface area (Å²) >= 11 is 1.58. The van der Waals surface area contributed by atoms with Crippen LogP contribution < -0.4 is 5.32 Å². The van der Waals surface area contributed by atoms with E-state index in [1.165, 1.54) is 38.5 Å². The topological polar surface area (TPSA) is 89.9 Å². The van der Waals surface area contributed by atoms with Crippen LogP contribution in [0.25, 0.3) is 0 Å². The summed E-state index contributed by atoms with van der Waals surface area (Å²) in [7, 11) is 0. The highest BCUT2D eigenvalue weighted by Gasteiger charge is 2.74. The number of para-hydroxylation sites is 1. The number of allylic oxidation sites excluding steroid dienone is 4. The van der Waals surface area contributed by atoms with E-state index in [1.54, 1.807) is 11.3 Å². The fraction of sp³-hybridized carbons (Fsp3) is 0.652. The van der Waals surface area contributed by atoms with E-state index in [0.29, 0.717) is 25.9 Å². The van der Waals surface area contributed by atoms with E-state index in [0.717, 1.165) is 70.9 Å². The molecular weight excluding hydrogens is 677 g/mol. The normalized spacial score (nSPS) is 45.6. The highest BCUT2D eigenvalue weighted by atomic mass is 32.1. The number of amides is 2. The monoisotopic (exact) mass is 734 g/mol. The SMILES string of the molecule is Cc1ccc(C(=O)C2=C[C@@]34C=C[C@@]25[C@@H]2CC[C@@](O)(CN(CC67CC8CC(CC(C8)C6)C7)C(=O)Nc6ccccc6)[C@@]2(C)CC[C@@H]5[C@@]3(C)CCC(O)C4)s1. The molecule has 7 saturated carbocycles. The number of ketones is 1. The smallest absolute Gasteiger partial charge is 0.321 e. The average Bonchev–Trinajstić information content (AvgIpc) is 3.67. The van der Waals surface area contributed by atoms with Gasteiger partial charge in [-0.2, -0.15) is 0 Å². The lowest BCUT2D eigenvalue weighted by Gasteiger charge is -2.71. The summed E-state index contributed by atoms with van der Waals surface area (Å²) < 4.78 is 0. The molecule has 1 aromatic carbocycles. The van der Waals surface area contributed by atoms with Gasteiger partial charge in [-0.25, -0.2) is 4.79 Å². The molecule has 10 aliphatic carbocycles. The van der Waals surface area contributed by atoms with Crippen LogP contribution in [0.15, 0.2) is 66.3 Å². The van der Waals surface area contributed by atoms with Crippen molar-refractivity contribution in [3.63, 3.8) is 0 Å². The predicted molar refractivity (Wildman–Crippen MR) is 210 cm³/mol. The van der Waals surface area contributed by atoms with Crippen LogP contribution in [0.1, 0.15) is 112 Å². The zero-order valence-corrected chi connectivity index (χ0v) is 32.7. The molecule has 2 spiro atoms. The molecule has 2 aromatic rings. The summed E-state index contributed by atoms with van der Waals surface area (Å²) in [5.41, 5.74) is -0.671. The van der Waals surface area contributed by atoms with E-state index in [1.807, 2.05) is 41.3 Å². The zero-order valence-electron chi connectivity index (χ0n) is 31.9. The molecule has 3 N–H and O–H groups in total. The quantitative estimate of drug-likeness (QED) is 0.195. The number of anilines is 1. The molecule has 6 nitrogen and oxygen atoms in total. The molecule has 0 aliphatic heterocycles. The van der Waals surface area contributed by atoms with Crippen molar-refractivity contribution in [3.8, 4) is 0 Å². The van der Waals surface area contributed by atoms with Gasteiger partial charge in [0.25, 0.3) is 0 Å². The Morgan fingerprint density at radius 2 is 1.49 bits per heavy atom. The van der Waals surface area contributed by atoms with Gasteiger partial charge in [0.05, 0.1) is 23.1 Å². The van der Waals surface area contributed by atoms with Crippen molar-refractivity contribution in [1.82, 2.24) is 4.90 Å². The maximum absolute atomic E-state index is 14.9. The minimum Gasteiger partial charge on any atom is -0.393 e. The highest BCUT2D eigenvalue weighted by molar-refractivity contribution is 7.14. The average molecular weight is 735 g/mol. The molecule has 1 aromatic heterocycles. The van der Waals surface area contributed by atoms with Crippen molar-refractivity contribution < 1.29 is 19.8 Å². The first kappa shape index (κ1) is 34.7. The zero-order chi connectivity index (χ0) is 36.6. The first-order valence-electron chi connectivity index (χ1n) is 20.9. The van der Waals surface area contributed by atoms with Crippen LogP contribution in [0.2, 0.25) is 0 Å². The molecule has 7 fully saturated rings. The van der Waals surface area contributed by atoms with E-state index in [2.05, 4.69) is 50.4 Å². The fourth-order valence-corrected chi connectivity index (χ4v) is 16.2. The van der Waals surface area contributed by atoms with Gasteiger partial charge in [-0.1, -0.05) is 50.3 Å². The van der Waals surface area contributed by atoms with Gasteiger partial charge >= 0.3 is 6.03 Å². The van der Waals surface area contributed by atoms with Gasteiger partial charge in [0, 0.05) is 38.9 Å². The van der Waals surface area contributed by atoms with E-state index >= 15 is 0 Å². The molecular formula is C46H58N2O4S. The van der Waals surface area contributed by atoms with Crippen LogP contribution in [-0.2, 0) is 0 Å². The second kappa shape index (κ2) is 11.6. The van der Waals surface area contributed by atoms with Gasteiger partial charge < -0.3 is 20.4 Å². The number of aliphatic hydroxyl groups excluding tert-OH is 1. The number of urea groups is 1. The summed E-state index contributed by atoms with van der Waals surface area (Å²) in [5, 5.41) is 27.7. The Hall–Kier alpha value is -2.74. The molecule has 10 aliphatic rings. The predicted octanol–water partition coefficient (Wildman–Crippen LogP) is 9.58. The number of hydrogen-bond acceptors (Lipinski definition) is 5. The van der Waals surface area contributed by atoms with Crippen molar-refractivity contribution in [1.29, 1.82) is 0 Å². The molecule has 1 unspecified atom stereocenters. The minimum absolute atomic E-state index is 0.0619. The van der Waals surface area contributed by atoms with Crippen LogP contribution in [-0.4, -0.2) is 51.7 Å².